The molecule has 4 radical (unpaired) electrons. The first-order valence-electron chi connectivity index (χ1n) is 0.698. The molecule has 0 aliphatic carbocycles. The molecule has 0 bridgehead atoms. The molecule has 4 nitrogen and oxygen atoms in total. The third kappa shape index (κ3) is 287. The van der Waals surface area contributed by atoms with Gasteiger partial charge in [-0.15, -0.1) is 0 Å². The van der Waals surface area contributed by atoms with Gasteiger partial charge in [-0.05, 0) is 0 Å². The maximum atomic E-state index is 8.87. The molecule has 0 unspecified atom stereocenters. The predicted octanol–water partition coefficient (Wildman–Crippen LogP) is -1.73. The van der Waals surface area contributed by atoms with Crippen LogP contribution in [0.15, 0.2) is 0 Å². The average molecular weight is 278 g/mol. The summed E-state index contributed by atoms with van der Waals surface area (Å²) in [5.41, 5.74) is 0. The van der Waals surface area contributed by atoms with Gasteiger partial charge in [0.05, 0.1) is 0 Å². The molecule has 0 atom stereocenters. The molecule has 0 spiro atoms. The fourth-order valence-electron chi connectivity index (χ4n) is 0. The Bertz CT molecular complexity index is 90.7. The molecule has 6 heavy (non-hydrogen) atoms. The van der Waals surface area contributed by atoms with E-state index in [2.05, 4.69) is 0 Å². The average Bonchev–Trinajstić information content (AvgIpc) is 0.722. The minimum atomic E-state index is -5.67. The van der Waals surface area contributed by atoms with Gasteiger partial charge in [-0.1, -0.05) is 0 Å². The van der Waals surface area contributed by atoms with Crippen molar-refractivity contribution in [1.29, 1.82) is 0 Å². The van der Waals surface area contributed by atoms with E-state index < -0.39 is 16.7 Å². The summed E-state index contributed by atoms with van der Waals surface area (Å²) < 4.78 is 32.1. The zero-order valence-electron chi connectivity index (χ0n) is 2.62. The fraction of sp³-hybridized carbons (Fsp3) is 0. The van der Waals surface area contributed by atoms with E-state index in [1.54, 1.807) is 0 Å². The van der Waals surface area contributed by atoms with Crippen LogP contribution in [0.4, 0.5) is 0 Å². The summed E-state index contributed by atoms with van der Waals surface area (Å²) >= 11 is -5.67. The van der Waals surface area contributed by atoms with Gasteiger partial charge in [0, 0.05) is 11.0 Å². The molecule has 0 heterocycles. The van der Waals surface area contributed by atoms with Crippen LogP contribution in [0.3, 0.4) is 0 Å². The second-order valence-electron chi connectivity index (χ2n) is 0.448. The molecule has 6 heteroatoms. The van der Waals surface area contributed by atoms with E-state index in [1.165, 1.54) is 0 Å². The van der Waals surface area contributed by atoms with Gasteiger partial charge < -0.3 is 0 Å². The number of rotatable bonds is 0. The second-order valence-corrected chi connectivity index (χ2v) is 3.67. The Kier molecular flexibility index (Phi) is 4.14. The van der Waals surface area contributed by atoms with Crippen LogP contribution < -0.4 is 0 Å². The minimum absolute atomic E-state index is 0. The molecular formula is H2O4SiW. The summed E-state index contributed by atoms with van der Waals surface area (Å²) in [5, 5.41) is 0. The van der Waals surface area contributed by atoms with Crippen LogP contribution in [0.25, 0.3) is 0 Å². The van der Waals surface area contributed by atoms with Crippen molar-refractivity contribution in [3.63, 3.8) is 0 Å². The Labute approximate surface area is 42.5 Å². The summed E-state index contributed by atoms with van der Waals surface area (Å²) in [6, 6.07) is 0. The number of hydrogen-bond acceptors (Lipinski definition) is 2. The maximum absolute atomic E-state index is 8.87. The zero-order chi connectivity index (χ0) is 4.50. The minimum Gasteiger partial charge on any atom is 0 e. The van der Waals surface area contributed by atoms with Crippen molar-refractivity contribution in [3.05, 3.63) is 0 Å². The molecule has 0 aromatic carbocycles. The Morgan fingerprint density at radius 2 is 1.17 bits per heavy atom. The van der Waals surface area contributed by atoms with Crippen LogP contribution in [-0.4, -0.2) is 18.5 Å². The zero-order valence-corrected chi connectivity index (χ0v) is 6.55. The van der Waals surface area contributed by atoms with E-state index in [0.717, 1.165) is 0 Å². The van der Waals surface area contributed by atoms with Crippen molar-refractivity contribution < 1.29 is 31.1 Å². The second kappa shape index (κ2) is 2.57. The van der Waals surface area contributed by atoms with Crippen molar-refractivity contribution in [2.75, 3.05) is 0 Å². The molecular weight excluding hydrogens is 276 g/mol. The van der Waals surface area contributed by atoms with Crippen LogP contribution in [-0.2, 0) is 23.5 Å². The summed E-state index contributed by atoms with van der Waals surface area (Å²) in [7, 11) is 0. The van der Waals surface area contributed by atoms with Crippen molar-refractivity contribution in [2.24, 2.45) is 0 Å². The topological polar surface area (TPSA) is 74.6 Å². The molecule has 0 aliphatic heterocycles. The Morgan fingerprint density at radius 1 is 1.17 bits per heavy atom. The van der Waals surface area contributed by atoms with Crippen LogP contribution in [0, 0.1) is 0 Å². The van der Waals surface area contributed by atoms with Gasteiger partial charge in [-0.25, -0.2) is 0 Å². The normalized spacial score (nSPS) is 9.67. The summed E-state index contributed by atoms with van der Waals surface area (Å²) in [6.45, 7) is 0. The smallest absolute Gasteiger partial charge is 0 e. The molecule has 0 aromatic rings. The van der Waals surface area contributed by atoms with Crippen LogP contribution in [0.5, 0.6) is 0 Å². The molecule has 0 aliphatic rings. The summed E-state index contributed by atoms with van der Waals surface area (Å²) in [6.07, 6.45) is 0. The van der Waals surface area contributed by atoms with E-state index in [-0.39, 0.29) is 11.0 Å². The van der Waals surface area contributed by atoms with Gasteiger partial charge in [-0.3, -0.25) is 0 Å². The molecule has 0 aromatic heterocycles. The van der Waals surface area contributed by atoms with Crippen LogP contribution in [0.2, 0.25) is 0 Å². The van der Waals surface area contributed by atoms with Crippen LogP contribution in [0.1, 0.15) is 0 Å². The van der Waals surface area contributed by atoms with Gasteiger partial charge >= 0.3 is 31.1 Å². The van der Waals surface area contributed by atoms with Crippen molar-refractivity contribution >= 4 is 11.0 Å². The Morgan fingerprint density at radius 3 is 1.17 bits per heavy atom. The third-order valence-corrected chi connectivity index (χ3v) is 0. The van der Waals surface area contributed by atoms with Gasteiger partial charge in [0.1, 0.15) is 0 Å². The predicted molar refractivity (Wildman–Crippen MR) is 11.6 cm³/mol. The van der Waals surface area contributed by atoms with E-state index >= 15 is 0 Å². The molecule has 0 saturated carbocycles. The first kappa shape index (κ1) is 9.66. The SMILES string of the molecule is [O]=[W](=[O])([OH])[OH].[Si]. The van der Waals surface area contributed by atoms with Gasteiger partial charge in [-0.2, -0.15) is 0 Å². The molecule has 0 saturated heterocycles. The largest absolute Gasteiger partial charge is 0 e. The first-order chi connectivity index (χ1) is 2.00. The van der Waals surface area contributed by atoms with Crippen molar-refractivity contribution in [1.82, 2.24) is 0 Å². The monoisotopic (exact) mass is 278 g/mol. The fourth-order valence-corrected chi connectivity index (χ4v) is 0. The van der Waals surface area contributed by atoms with E-state index in [9.17, 15) is 0 Å². The van der Waals surface area contributed by atoms with Gasteiger partial charge in [0.2, 0.25) is 0 Å². The van der Waals surface area contributed by atoms with E-state index in [4.69, 9.17) is 14.3 Å². The first-order valence-corrected chi connectivity index (χ1v) is 5.72. The van der Waals surface area contributed by atoms with Crippen molar-refractivity contribution in [2.45, 2.75) is 0 Å². The molecule has 36 valence electrons. The third-order valence-electron chi connectivity index (χ3n) is 0. The summed E-state index contributed by atoms with van der Waals surface area (Å²) in [4.78, 5) is 0. The quantitative estimate of drug-likeness (QED) is 0.516. The van der Waals surface area contributed by atoms with E-state index in [1.807, 2.05) is 0 Å². The van der Waals surface area contributed by atoms with Gasteiger partial charge in [0.25, 0.3) is 0 Å². The number of hydrogen-bond donors (Lipinski definition) is 2. The Balaban J connectivity index is 0. The molecule has 0 fully saturated rings. The van der Waals surface area contributed by atoms with Gasteiger partial charge in [0.15, 0.2) is 0 Å². The summed E-state index contributed by atoms with van der Waals surface area (Å²) in [5.74, 6) is 0. The van der Waals surface area contributed by atoms with Crippen LogP contribution >= 0.6 is 0 Å². The maximum Gasteiger partial charge on any atom is 0 e. The van der Waals surface area contributed by atoms with E-state index in [0.29, 0.717) is 0 Å². The molecule has 2 N–H and O–H groups in total. The molecule has 0 amide bonds. The standard InChI is InChI=1S/2H2O.2O.Si.W/h2*1H2;;;;/q;;;;;+2/p-2. The molecule has 0 rings (SSSR count). The Hall–Kier alpha value is 0.425. The van der Waals surface area contributed by atoms with Crippen molar-refractivity contribution in [3.8, 4) is 0 Å².